The van der Waals surface area contributed by atoms with E-state index in [0.29, 0.717) is 6.54 Å². The van der Waals surface area contributed by atoms with Gasteiger partial charge >= 0.3 is 6.09 Å². The predicted octanol–water partition coefficient (Wildman–Crippen LogP) is 5.05. The fraction of sp³-hybridized carbons (Fsp3) is 0.273. The van der Waals surface area contributed by atoms with Gasteiger partial charge in [-0.15, -0.1) is 0 Å². The van der Waals surface area contributed by atoms with Crippen LogP contribution in [0.4, 0.5) is 4.79 Å². The van der Waals surface area contributed by atoms with Crippen LogP contribution < -0.4 is 4.74 Å². The summed E-state index contributed by atoms with van der Waals surface area (Å²) in [5.41, 5.74) is 2.22. The third-order valence-electron chi connectivity index (χ3n) is 4.00. The van der Waals surface area contributed by atoms with Gasteiger partial charge in [-0.25, -0.2) is 4.79 Å². The second-order valence-corrected chi connectivity index (χ2v) is 7.27. The highest BCUT2D eigenvalue weighted by Gasteiger charge is 2.20. The highest BCUT2D eigenvalue weighted by atomic mass is 16.6. The van der Waals surface area contributed by atoms with Crippen LogP contribution in [0.15, 0.2) is 59.7 Å². The van der Waals surface area contributed by atoms with E-state index < -0.39 is 11.7 Å². The molecule has 0 unspecified atom stereocenters. The molecule has 0 radical (unpaired) electrons. The number of ether oxygens (including phenoxy) is 2. The summed E-state index contributed by atoms with van der Waals surface area (Å²) in [7, 11) is 1.65. The van der Waals surface area contributed by atoms with Gasteiger partial charge in [-0.2, -0.15) is 0 Å². The number of benzene rings is 2. The van der Waals surface area contributed by atoms with Crippen molar-refractivity contribution in [1.82, 2.24) is 4.57 Å². The number of hydrogen-bond donors (Lipinski definition) is 0. The van der Waals surface area contributed by atoms with Gasteiger partial charge in [0.25, 0.3) is 0 Å². The van der Waals surface area contributed by atoms with Gasteiger partial charge in [0.05, 0.1) is 19.2 Å². The average molecular weight is 364 g/mol. The first kappa shape index (κ1) is 18.7. The number of carbonyl (C=O) groups excluding carboxylic acids is 1. The van der Waals surface area contributed by atoms with Crippen molar-refractivity contribution in [3.05, 3.63) is 65.9 Å². The number of aromatic nitrogens is 1. The molecule has 0 fully saturated rings. The van der Waals surface area contributed by atoms with Crippen LogP contribution in [0.5, 0.6) is 5.75 Å². The van der Waals surface area contributed by atoms with Crippen molar-refractivity contribution in [3.63, 3.8) is 0 Å². The van der Waals surface area contributed by atoms with Crippen LogP contribution in [-0.4, -0.2) is 29.6 Å². The molecule has 27 heavy (non-hydrogen) atoms. The fourth-order valence-corrected chi connectivity index (χ4v) is 2.75. The Bertz CT molecular complexity index is 963. The van der Waals surface area contributed by atoms with Crippen LogP contribution in [0.3, 0.4) is 0 Å². The minimum Gasteiger partial charge on any atom is -0.497 e. The maximum atomic E-state index is 12.5. The Morgan fingerprint density at radius 1 is 1.11 bits per heavy atom. The molecule has 0 spiro atoms. The van der Waals surface area contributed by atoms with Gasteiger partial charge in [0.1, 0.15) is 11.4 Å². The van der Waals surface area contributed by atoms with Gasteiger partial charge in [-0.05, 0) is 44.5 Å². The number of rotatable bonds is 4. The lowest BCUT2D eigenvalue weighted by Gasteiger charge is -2.19. The molecule has 140 valence electrons. The van der Waals surface area contributed by atoms with Crippen LogP contribution in [0.2, 0.25) is 0 Å². The molecule has 0 aliphatic heterocycles. The Labute approximate surface area is 159 Å². The first-order valence-electron chi connectivity index (χ1n) is 8.83. The molecule has 1 aromatic heterocycles. The van der Waals surface area contributed by atoms with Gasteiger partial charge in [-0.3, -0.25) is 9.56 Å². The molecule has 5 heteroatoms. The number of nitrogens with zero attached hydrogens (tertiary/aromatic N) is 2. The van der Waals surface area contributed by atoms with Crippen LogP contribution in [-0.2, 0) is 11.3 Å². The van der Waals surface area contributed by atoms with Crippen molar-refractivity contribution in [1.29, 1.82) is 0 Å². The summed E-state index contributed by atoms with van der Waals surface area (Å²) in [6.45, 7) is 6.12. The van der Waals surface area contributed by atoms with Crippen molar-refractivity contribution in [2.24, 2.45) is 4.99 Å². The van der Waals surface area contributed by atoms with Gasteiger partial charge in [0, 0.05) is 23.4 Å². The third kappa shape index (κ3) is 4.56. The predicted molar refractivity (Wildman–Crippen MR) is 108 cm³/mol. The lowest BCUT2D eigenvalue weighted by molar-refractivity contribution is 0.0544. The summed E-state index contributed by atoms with van der Waals surface area (Å²) in [4.78, 5) is 17.1. The lowest BCUT2D eigenvalue weighted by atomic mass is 10.2. The van der Waals surface area contributed by atoms with E-state index in [4.69, 9.17) is 9.47 Å². The van der Waals surface area contributed by atoms with Crippen molar-refractivity contribution in [2.45, 2.75) is 32.9 Å². The number of aliphatic imine (C=N–C) groups is 1. The Balaban J connectivity index is 1.84. The molecule has 3 aromatic rings. The quantitative estimate of drug-likeness (QED) is 0.609. The molecule has 0 amide bonds. The Hall–Kier alpha value is -3.08. The summed E-state index contributed by atoms with van der Waals surface area (Å²) in [5, 5.41) is 0.960. The van der Waals surface area contributed by atoms with Crippen molar-refractivity contribution in [3.8, 4) is 5.75 Å². The fourth-order valence-electron chi connectivity index (χ4n) is 2.75. The molecule has 0 aliphatic rings. The van der Waals surface area contributed by atoms with E-state index in [1.54, 1.807) is 19.5 Å². The van der Waals surface area contributed by atoms with E-state index in [2.05, 4.69) is 4.99 Å². The second-order valence-electron chi connectivity index (χ2n) is 7.27. The Morgan fingerprint density at radius 2 is 1.81 bits per heavy atom. The van der Waals surface area contributed by atoms with E-state index in [0.717, 1.165) is 27.8 Å². The van der Waals surface area contributed by atoms with Gasteiger partial charge in [-0.1, -0.05) is 30.3 Å². The molecule has 2 aromatic carbocycles. The number of para-hydroxylation sites is 1. The first-order valence-corrected chi connectivity index (χ1v) is 8.83. The molecule has 0 N–H and O–H groups in total. The maximum absolute atomic E-state index is 12.5. The molecular weight excluding hydrogens is 340 g/mol. The Kier molecular flexibility index (Phi) is 5.31. The van der Waals surface area contributed by atoms with E-state index >= 15 is 0 Å². The van der Waals surface area contributed by atoms with Gasteiger partial charge in [0.15, 0.2) is 0 Å². The van der Waals surface area contributed by atoms with E-state index in [1.807, 2.05) is 69.3 Å². The smallest absolute Gasteiger partial charge is 0.419 e. The average Bonchev–Trinajstić information content (AvgIpc) is 3.00. The highest BCUT2D eigenvalue weighted by Crippen LogP contribution is 2.22. The molecular formula is C22H24N2O3. The molecule has 0 atom stereocenters. The summed E-state index contributed by atoms with van der Waals surface area (Å²) in [6, 6.07) is 15.5. The van der Waals surface area contributed by atoms with E-state index in [9.17, 15) is 4.79 Å². The zero-order valence-electron chi connectivity index (χ0n) is 16.1. The molecule has 0 aliphatic carbocycles. The van der Waals surface area contributed by atoms with Crippen LogP contribution in [0.25, 0.3) is 10.9 Å². The first-order chi connectivity index (χ1) is 12.9. The van der Waals surface area contributed by atoms with Crippen molar-refractivity contribution >= 4 is 23.2 Å². The number of methoxy groups -OCH3 is 1. The summed E-state index contributed by atoms with van der Waals surface area (Å²) >= 11 is 0. The second kappa shape index (κ2) is 7.66. The largest absolute Gasteiger partial charge is 0.497 e. The SMILES string of the molecule is COc1ccc(CN=Cc2cn(C(=O)OC(C)(C)C)c3ccccc23)cc1. The number of fused-ring (bicyclic) bond motifs is 1. The molecule has 0 bridgehead atoms. The monoisotopic (exact) mass is 364 g/mol. The van der Waals surface area contributed by atoms with Crippen molar-refractivity contribution in [2.75, 3.05) is 7.11 Å². The van der Waals surface area contributed by atoms with Gasteiger partial charge in [0.2, 0.25) is 0 Å². The molecule has 1 heterocycles. The van der Waals surface area contributed by atoms with Crippen molar-refractivity contribution < 1.29 is 14.3 Å². The van der Waals surface area contributed by atoms with Crippen LogP contribution in [0.1, 0.15) is 31.9 Å². The topological polar surface area (TPSA) is 52.8 Å². The zero-order valence-corrected chi connectivity index (χ0v) is 16.1. The van der Waals surface area contributed by atoms with E-state index in [1.165, 1.54) is 4.57 Å². The molecule has 0 saturated carbocycles. The highest BCUT2D eigenvalue weighted by molar-refractivity contribution is 6.02. The summed E-state index contributed by atoms with van der Waals surface area (Å²) in [5.74, 6) is 0.822. The van der Waals surface area contributed by atoms with Crippen LogP contribution >= 0.6 is 0 Å². The normalized spacial score (nSPS) is 11.9. The maximum Gasteiger partial charge on any atom is 0.419 e. The Morgan fingerprint density at radius 3 is 2.48 bits per heavy atom. The minimum atomic E-state index is -0.551. The lowest BCUT2D eigenvalue weighted by Crippen LogP contribution is -2.26. The van der Waals surface area contributed by atoms with E-state index in [-0.39, 0.29) is 0 Å². The third-order valence-corrected chi connectivity index (χ3v) is 4.00. The summed E-state index contributed by atoms with van der Waals surface area (Å²) in [6.07, 6.45) is 3.18. The standard InChI is InChI=1S/C22H24N2O3/c1-22(2,3)27-21(25)24-15-17(19-7-5-6-8-20(19)24)14-23-13-16-9-11-18(26-4)12-10-16/h5-12,14-15H,13H2,1-4H3. The molecule has 5 nitrogen and oxygen atoms in total. The van der Waals surface area contributed by atoms with Gasteiger partial charge < -0.3 is 9.47 Å². The zero-order chi connectivity index (χ0) is 19.4. The molecule has 3 rings (SSSR count). The van der Waals surface area contributed by atoms with Crippen LogP contribution in [0, 0.1) is 0 Å². The number of carbonyl (C=O) groups is 1. The summed E-state index contributed by atoms with van der Waals surface area (Å²) < 4.78 is 12.2. The minimum absolute atomic E-state index is 0.395. The number of hydrogen-bond acceptors (Lipinski definition) is 4. The molecule has 0 saturated heterocycles.